The van der Waals surface area contributed by atoms with Crippen LogP contribution in [0.2, 0.25) is 0 Å². The van der Waals surface area contributed by atoms with Gasteiger partial charge in [0.25, 0.3) is 0 Å². The van der Waals surface area contributed by atoms with Crippen LogP contribution in [0.3, 0.4) is 0 Å². The van der Waals surface area contributed by atoms with Crippen LogP contribution in [0, 0.1) is 0 Å². The summed E-state index contributed by atoms with van der Waals surface area (Å²) in [5, 5.41) is 18.8. The Morgan fingerprint density at radius 1 is 1.24 bits per heavy atom. The van der Waals surface area contributed by atoms with E-state index in [1.165, 1.54) is 18.3 Å². The Kier molecular flexibility index (Phi) is 4.56. The van der Waals surface area contributed by atoms with Crippen LogP contribution in [-0.2, 0) is 0 Å². The number of phenols is 1. The van der Waals surface area contributed by atoms with Crippen molar-refractivity contribution in [1.82, 2.24) is 0 Å². The van der Waals surface area contributed by atoms with E-state index in [1.807, 2.05) is 6.92 Å². The van der Waals surface area contributed by atoms with Crippen molar-refractivity contribution in [3.8, 4) is 11.5 Å². The molecule has 5 nitrogen and oxygen atoms in total. The molecule has 0 radical (unpaired) electrons. The fourth-order valence-corrected chi connectivity index (χ4v) is 1.75. The maximum Gasteiger partial charge on any atom is 0.335 e. The fraction of sp³-hybridized carbons (Fsp3) is 0.125. The standard InChI is InChI=1S/C16H15NO4/c1-2-21-14-5-3-4-12(15(14)18)10-17-13-8-6-11(7-9-13)16(19)20/h3-10,18H,2H2,1H3,(H,19,20). The van der Waals surface area contributed by atoms with Crippen molar-refractivity contribution in [2.45, 2.75) is 6.92 Å². The summed E-state index contributed by atoms with van der Waals surface area (Å²) in [6.45, 7) is 2.30. The van der Waals surface area contributed by atoms with Crippen LogP contribution in [0.15, 0.2) is 47.5 Å². The highest BCUT2D eigenvalue weighted by Crippen LogP contribution is 2.29. The molecule has 0 unspecified atom stereocenters. The highest BCUT2D eigenvalue weighted by molar-refractivity contribution is 5.89. The molecule has 2 rings (SSSR count). The number of aromatic hydroxyl groups is 1. The number of ether oxygens (including phenoxy) is 1. The number of phenolic OH excluding ortho intramolecular Hbond substituents is 1. The van der Waals surface area contributed by atoms with Crippen molar-refractivity contribution in [2.75, 3.05) is 6.61 Å². The Labute approximate surface area is 122 Å². The van der Waals surface area contributed by atoms with E-state index in [-0.39, 0.29) is 11.3 Å². The molecule has 108 valence electrons. The summed E-state index contributed by atoms with van der Waals surface area (Å²) >= 11 is 0. The molecule has 0 saturated carbocycles. The minimum absolute atomic E-state index is 0.0326. The molecule has 0 aliphatic carbocycles. The normalized spacial score (nSPS) is 10.7. The minimum atomic E-state index is -0.979. The zero-order valence-corrected chi connectivity index (χ0v) is 11.5. The quantitative estimate of drug-likeness (QED) is 0.826. The Morgan fingerprint density at radius 2 is 1.95 bits per heavy atom. The number of carboxylic acid groups (broad SMARTS) is 1. The van der Waals surface area contributed by atoms with E-state index in [0.29, 0.717) is 23.6 Å². The van der Waals surface area contributed by atoms with Gasteiger partial charge >= 0.3 is 5.97 Å². The van der Waals surface area contributed by atoms with Gasteiger partial charge < -0.3 is 14.9 Å². The van der Waals surface area contributed by atoms with Crippen LogP contribution in [0.4, 0.5) is 5.69 Å². The highest BCUT2D eigenvalue weighted by Gasteiger charge is 2.06. The van der Waals surface area contributed by atoms with Gasteiger partial charge in [-0.15, -0.1) is 0 Å². The number of benzene rings is 2. The molecule has 5 heteroatoms. The third-order valence-electron chi connectivity index (χ3n) is 2.80. The molecule has 2 aromatic rings. The lowest BCUT2D eigenvalue weighted by Gasteiger charge is -2.07. The second kappa shape index (κ2) is 6.56. The lowest BCUT2D eigenvalue weighted by molar-refractivity contribution is 0.0697. The first-order valence-electron chi connectivity index (χ1n) is 6.44. The van der Waals surface area contributed by atoms with E-state index >= 15 is 0 Å². The number of hydrogen-bond donors (Lipinski definition) is 2. The van der Waals surface area contributed by atoms with Crippen LogP contribution in [0.1, 0.15) is 22.8 Å². The van der Waals surface area contributed by atoms with Crippen molar-refractivity contribution in [2.24, 2.45) is 4.99 Å². The number of hydrogen-bond acceptors (Lipinski definition) is 4. The molecule has 2 N–H and O–H groups in total. The average molecular weight is 285 g/mol. The molecule has 0 spiro atoms. The summed E-state index contributed by atoms with van der Waals surface area (Å²) < 4.78 is 5.29. The molecule has 2 aromatic carbocycles. The monoisotopic (exact) mass is 285 g/mol. The van der Waals surface area contributed by atoms with Crippen LogP contribution in [0.25, 0.3) is 0 Å². The van der Waals surface area contributed by atoms with Crippen molar-refractivity contribution in [3.05, 3.63) is 53.6 Å². The fourth-order valence-electron chi connectivity index (χ4n) is 1.75. The Morgan fingerprint density at radius 3 is 2.57 bits per heavy atom. The van der Waals surface area contributed by atoms with E-state index in [4.69, 9.17) is 9.84 Å². The van der Waals surface area contributed by atoms with Gasteiger partial charge in [-0.3, -0.25) is 4.99 Å². The van der Waals surface area contributed by atoms with Crippen molar-refractivity contribution in [3.63, 3.8) is 0 Å². The highest BCUT2D eigenvalue weighted by atomic mass is 16.5. The maximum atomic E-state index is 10.7. The molecule has 0 aliphatic rings. The van der Waals surface area contributed by atoms with Gasteiger partial charge in [0.1, 0.15) is 0 Å². The van der Waals surface area contributed by atoms with Gasteiger partial charge in [0, 0.05) is 11.8 Å². The lowest BCUT2D eigenvalue weighted by atomic mass is 10.2. The number of nitrogens with zero attached hydrogens (tertiary/aromatic N) is 1. The van der Waals surface area contributed by atoms with Gasteiger partial charge in [0.15, 0.2) is 11.5 Å². The molecule has 21 heavy (non-hydrogen) atoms. The number of para-hydroxylation sites is 1. The first-order chi connectivity index (χ1) is 10.1. The van der Waals surface area contributed by atoms with Gasteiger partial charge in [0.2, 0.25) is 0 Å². The van der Waals surface area contributed by atoms with E-state index in [2.05, 4.69) is 4.99 Å². The second-order valence-corrected chi connectivity index (χ2v) is 4.24. The zero-order chi connectivity index (χ0) is 15.2. The Hall–Kier alpha value is -2.82. The molecule has 0 saturated heterocycles. The molecule has 0 bridgehead atoms. The average Bonchev–Trinajstić information content (AvgIpc) is 2.49. The van der Waals surface area contributed by atoms with Crippen molar-refractivity contribution < 1.29 is 19.7 Å². The number of rotatable bonds is 5. The van der Waals surface area contributed by atoms with Gasteiger partial charge in [-0.25, -0.2) is 4.79 Å². The summed E-state index contributed by atoms with van der Waals surface area (Å²) in [6.07, 6.45) is 1.51. The number of aliphatic imine (C=N–C) groups is 1. The largest absolute Gasteiger partial charge is 0.504 e. The summed E-state index contributed by atoms with van der Waals surface area (Å²) in [7, 11) is 0. The van der Waals surface area contributed by atoms with E-state index < -0.39 is 5.97 Å². The molecular weight excluding hydrogens is 270 g/mol. The van der Waals surface area contributed by atoms with E-state index in [9.17, 15) is 9.90 Å². The van der Waals surface area contributed by atoms with Gasteiger partial charge in [0.05, 0.1) is 17.9 Å². The summed E-state index contributed by atoms with van der Waals surface area (Å²) in [5.74, 6) is -0.541. The third kappa shape index (κ3) is 3.60. The van der Waals surface area contributed by atoms with Crippen molar-refractivity contribution >= 4 is 17.9 Å². The van der Waals surface area contributed by atoms with Crippen LogP contribution < -0.4 is 4.74 Å². The Bertz CT molecular complexity index is 662. The number of aromatic carboxylic acids is 1. The molecular formula is C16H15NO4. The summed E-state index contributed by atoms with van der Waals surface area (Å²) in [6, 6.07) is 11.3. The molecule has 0 aliphatic heterocycles. The topological polar surface area (TPSA) is 79.1 Å². The SMILES string of the molecule is CCOc1cccc(C=Nc2ccc(C(=O)O)cc2)c1O. The molecule has 0 aromatic heterocycles. The zero-order valence-electron chi connectivity index (χ0n) is 11.5. The third-order valence-corrected chi connectivity index (χ3v) is 2.80. The van der Waals surface area contributed by atoms with E-state index in [0.717, 1.165) is 0 Å². The number of carboxylic acids is 1. The van der Waals surface area contributed by atoms with Gasteiger partial charge in [-0.05, 0) is 43.3 Å². The first kappa shape index (κ1) is 14.6. The number of carbonyl (C=O) groups is 1. The van der Waals surface area contributed by atoms with E-state index in [1.54, 1.807) is 30.3 Å². The summed E-state index contributed by atoms with van der Waals surface area (Å²) in [4.78, 5) is 15.0. The molecule has 0 atom stereocenters. The van der Waals surface area contributed by atoms with Gasteiger partial charge in [-0.1, -0.05) is 6.07 Å². The first-order valence-corrected chi connectivity index (χ1v) is 6.44. The lowest BCUT2D eigenvalue weighted by Crippen LogP contribution is -1.94. The van der Waals surface area contributed by atoms with Crippen LogP contribution in [-0.4, -0.2) is 29.0 Å². The van der Waals surface area contributed by atoms with Gasteiger partial charge in [-0.2, -0.15) is 0 Å². The molecule has 0 amide bonds. The van der Waals surface area contributed by atoms with Crippen molar-refractivity contribution in [1.29, 1.82) is 0 Å². The Balaban J connectivity index is 2.21. The predicted octanol–water partition coefficient (Wildman–Crippen LogP) is 3.24. The van der Waals surface area contributed by atoms with Crippen LogP contribution >= 0.6 is 0 Å². The summed E-state index contributed by atoms with van der Waals surface area (Å²) in [5.41, 5.74) is 1.33. The minimum Gasteiger partial charge on any atom is -0.504 e. The smallest absolute Gasteiger partial charge is 0.335 e. The molecule has 0 fully saturated rings. The second-order valence-electron chi connectivity index (χ2n) is 4.24. The molecule has 0 heterocycles. The maximum absolute atomic E-state index is 10.7. The predicted molar refractivity (Wildman–Crippen MR) is 79.9 cm³/mol. The van der Waals surface area contributed by atoms with Crippen LogP contribution in [0.5, 0.6) is 11.5 Å².